The molecule has 3 nitrogen and oxygen atoms in total. The number of ether oxygens (including phenoxy) is 1. The maximum atomic E-state index is 8.89. The topological polar surface area (TPSA) is 41.5 Å². The van der Waals surface area contributed by atoms with Crippen molar-refractivity contribution in [2.75, 3.05) is 20.3 Å². The number of aliphatic hydroxyl groups excluding tert-OH is 1. The second-order valence-corrected chi connectivity index (χ2v) is 4.76. The van der Waals surface area contributed by atoms with E-state index in [1.54, 1.807) is 7.11 Å². The predicted molar refractivity (Wildman–Crippen MR) is 74.9 cm³/mol. The van der Waals surface area contributed by atoms with Crippen LogP contribution in [0.25, 0.3) is 0 Å². The fourth-order valence-corrected chi connectivity index (χ4v) is 2.00. The Morgan fingerprint density at radius 2 is 1.94 bits per heavy atom. The SMILES string of the molecule is CCC(NCC(C)CCO)c1ccc(OC)cc1. The number of hydrogen-bond donors (Lipinski definition) is 2. The first-order valence-electron chi connectivity index (χ1n) is 6.69. The van der Waals surface area contributed by atoms with Gasteiger partial charge in [-0.2, -0.15) is 0 Å². The molecule has 1 aromatic carbocycles. The zero-order valence-electron chi connectivity index (χ0n) is 11.6. The van der Waals surface area contributed by atoms with E-state index in [2.05, 4.69) is 31.3 Å². The van der Waals surface area contributed by atoms with Crippen molar-refractivity contribution in [3.8, 4) is 5.75 Å². The molecule has 0 aliphatic carbocycles. The molecule has 2 N–H and O–H groups in total. The van der Waals surface area contributed by atoms with E-state index in [0.717, 1.165) is 25.1 Å². The van der Waals surface area contributed by atoms with Crippen molar-refractivity contribution < 1.29 is 9.84 Å². The molecule has 2 unspecified atom stereocenters. The monoisotopic (exact) mass is 251 g/mol. The molecule has 102 valence electrons. The number of benzene rings is 1. The van der Waals surface area contributed by atoms with Crippen LogP contribution in [0, 0.1) is 5.92 Å². The van der Waals surface area contributed by atoms with Crippen LogP contribution < -0.4 is 10.1 Å². The van der Waals surface area contributed by atoms with Gasteiger partial charge in [-0.05, 0) is 43.0 Å². The average Bonchev–Trinajstić information content (AvgIpc) is 2.40. The van der Waals surface area contributed by atoms with Crippen LogP contribution in [0.4, 0.5) is 0 Å². The normalized spacial score (nSPS) is 14.2. The number of aliphatic hydroxyl groups is 1. The van der Waals surface area contributed by atoms with Crippen LogP contribution in [-0.4, -0.2) is 25.4 Å². The maximum Gasteiger partial charge on any atom is 0.118 e. The third-order valence-corrected chi connectivity index (χ3v) is 3.26. The van der Waals surface area contributed by atoms with Crippen LogP contribution in [0.2, 0.25) is 0 Å². The molecule has 0 aliphatic rings. The lowest BCUT2D eigenvalue weighted by atomic mass is 10.0. The highest BCUT2D eigenvalue weighted by Gasteiger charge is 2.10. The van der Waals surface area contributed by atoms with Crippen LogP contribution in [0.5, 0.6) is 5.75 Å². The van der Waals surface area contributed by atoms with Crippen molar-refractivity contribution >= 4 is 0 Å². The summed E-state index contributed by atoms with van der Waals surface area (Å²) >= 11 is 0. The van der Waals surface area contributed by atoms with Gasteiger partial charge in [-0.15, -0.1) is 0 Å². The Kier molecular flexibility index (Phi) is 6.76. The Hall–Kier alpha value is -1.06. The molecule has 3 heteroatoms. The van der Waals surface area contributed by atoms with Crippen molar-refractivity contribution in [1.82, 2.24) is 5.32 Å². The van der Waals surface area contributed by atoms with Crippen molar-refractivity contribution in [3.63, 3.8) is 0 Å². The third-order valence-electron chi connectivity index (χ3n) is 3.26. The van der Waals surface area contributed by atoms with Gasteiger partial charge in [-0.1, -0.05) is 26.0 Å². The number of hydrogen-bond acceptors (Lipinski definition) is 3. The maximum absolute atomic E-state index is 8.89. The standard InChI is InChI=1S/C15H25NO2/c1-4-15(16-11-12(2)9-10-17)13-5-7-14(18-3)8-6-13/h5-8,12,15-17H,4,9-11H2,1-3H3. The van der Waals surface area contributed by atoms with Gasteiger partial charge in [0.1, 0.15) is 5.75 Å². The average molecular weight is 251 g/mol. The highest BCUT2D eigenvalue weighted by Crippen LogP contribution is 2.20. The zero-order valence-corrected chi connectivity index (χ0v) is 11.6. The quantitative estimate of drug-likeness (QED) is 0.746. The van der Waals surface area contributed by atoms with E-state index in [0.29, 0.717) is 12.0 Å². The second-order valence-electron chi connectivity index (χ2n) is 4.76. The lowest BCUT2D eigenvalue weighted by Crippen LogP contribution is -2.26. The summed E-state index contributed by atoms with van der Waals surface area (Å²) in [6, 6.07) is 8.58. The van der Waals surface area contributed by atoms with E-state index in [1.165, 1.54) is 5.56 Å². The molecule has 18 heavy (non-hydrogen) atoms. The molecule has 0 saturated carbocycles. The molecule has 0 fully saturated rings. The van der Waals surface area contributed by atoms with E-state index >= 15 is 0 Å². The van der Waals surface area contributed by atoms with Gasteiger partial charge in [-0.3, -0.25) is 0 Å². The lowest BCUT2D eigenvalue weighted by Gasteiger charge is -2.20. The fourth-order valence-electron chi connectivity index (χ4n) is 2.00. The molecule has 0 bridgehead atoms. The molecule has 0 amide bonds. The van der Waals surface area contributed by atoms with Crippen LogP contribution in [0.3, 0.4) is 0 Å². The molecule has 0 spiro atoms. The summed E-state index contributed by atoms with van der Waals surface area (Å²) in [5.74, 6) is 1.39. The minimum atomic E-state index is 0.266. The minimum Gasteiger partial charge on any atom is -0.497 e. The van der Waals surface area contributed by atoms with E-state index < -0.39 is 0 Å². The van der Waals surface area contributed by atoms with Crippen LogP contribution >= 0.6 is 0 Å². The van der Waals surface area contributed by atoms with Gasteiger partial charge in [0.2, 0.25) is 0 Å². The Labute approximate surface area is 110 Å². The smallest absolute Gasteiger partial charge is 0.118 e. The highest BCUT2D eigenvalue weighted by atomic mass is 16.5. The molecular formula is C15H25NO2. The molecule has 1 rings (SSSR count). The van der Waals surface area contributed by atoms with Gasteiger partial charge < -0.3 is 15.2 Å². The van der Waals surface area contributed by atoms with Crippen LogP contribution in [0.1, 0.15) is 38.3 Å². The van der Waals surface area contributed by atoms with Crippen LogP contribution in [-0.2, 0) is 0 Å². The Balaban J connectivity index is 2.53. The van der Waals surface area contributed by atoms with Gasteiger partial charge in [0.05, 0.1) is 7.11 Å². The Morgan fingerprint density at radius 1 is 1.28 bits per heavy atom. The van der Waals surface area contributed by atoms with E-state index in [-0.39, 0.29) is 6.61 Å². The number of methoxy groups -OCH3 is 1. The van der Waals surface area contributed by atoms with E-state index in [1.807, 2.05) is 12.1 Å². The number of nitrogens with one attached hydrogen (secondary N) is 1. The molecule has 0 aromatic heterocycles. The van der Waals surface area contributed by atoms with Gasteiger partial charge in [0, 0.05) is 12.6 Å². The number of rotatable bonds is 8. The Morgan fingerprint density at radius 3 is 2.44 bits per heavy atom. The molecule has 0 radical (unpaired) electrons. The lowest BCUT2D eigenvalue weighted by molar-refractivity contribution is 0.257. The summed E-state index contributed by atoms with van der Waals surface area (Å²) in [5.41, 5.74) is 1.29. The Bertz CT molecular complexity index is 324. The first-order chi connectivity index (χ1) is 8.71. The zero-order chi connectivity index (χ0) is 13.4. The first kappa shape index (κ1) is 15.0. The van der Waals surface area contributed by atoms with Gasteiger partial charge in [0.15, 0.2) is 0 Å². The van der Waals surface area contributed by atoms with Gasteiger partial charge >= 0.3 is 0 Å². The predicted octanol–water partition coefficient (Wildman–Crippen LogP) is 2.75. The summed E-state index contributed by atoms with van der Waals surface area (Å²) in [6.45, 7) is 5.54. The van der Waals surface area contributed by atoms with E-state index in [9.17, 15) is 0 Å². The van der Waals surface area contributed by atoms with Crippen molar-refractivity contribution in [2.45, 2.75) is 32.7 Å². The molecule has 2 atom stereocenters. The van der Waals surface area contributed by atoms with Crippen molar-refractivity contribution in [1.29, 1.82) is 0 Å². The first-order valence-corrected chi connectivity index (χ1v) is 6.69. The molecule has 0 aliphatic heterocycles. The molecule has 1 aromatic rings. The minimum absolute atomic E-state index is 0.266. The fraction of sp³-hybridized carbons (Fsp3) is 0.600. The second kappa shape index (κ2) is 8.11. The largest absolute Gasteiger partial charge is 0.497 e. The molecule has 0 saturated heterocycles. The molecule has 0 heterocycles. The third kappa shape index (κ3) is 4.67. The van der Waals surface area contributed by atoms with Crippen molar-refractivity contribution in [3.05, 3.63) is 29.8 Å². The summed E-state index contributed by atoms with van der Waals surface area (Å²) in [5, 5.41) is 12.4. The molecular weight excluding hydrogens is 226 g/mol. The van der Waals surface area contributed by atoms with Gasteiger partial charge in [0.25, 0.3) is 0 Å². The summed E-state index contributed by atoms with van der Waals surface area (Å²) in [4.78, 5) is 0. The van der Waals surface area contributed by atoms with E-state index in [4.69, 9.17) is 9.84 Å². The van der Waals surface area contributed by atoms with Crippen molar-refractivity contribution in [2.24, 2.45) is 5.92 Å². The highest BCUT2D eigenvalue weighted by molar-refractivity contribution is 5.29. The van der Waals surface area contributed by atoms with Crippen LogP contribution in [0.15, 0.2) is 24.3 Å². The summed E-state index contributed by atoms with van der Waals surface area (Å²) < 4.78 is 5.16. The summed E-state index contributed by atoms with van der Waals surface area (Å²) in [7, 11) is 1.68. The van der Waals surface area contributed by atoms with Gasteiger partial charge in [-0.25, -0.2) is 0 Å². The summed E-state index contributed by atoms with van der Waals surface area (Å²) in [6.07, 6.45) is 1.91.